The van der Waals surface area contributed by atoms with Gasteiger partial charge < -0.3 is 19.3 Å². The molecule has 3 rings (SSSR count). The molecule has 2 aromatic rings. The van der Waals surface area contributed by atoms with E-state index in [2.05, 4.69) is 10.5 Å². The van der Waals surface area contributed by atoms with E-state index < -0.39 is 0 Å². The lowest BCUT2D eigenvalue weighted by Crippen LogP contribution is -2.28. The van der Waals surface area contributed by atoms with Crippen LogP contribution in [0.2, 0.25) is 0 Å². The first-order valence-corrected chi connectivity index (χ1v) is 7.31. The highest BCUT2D eigenvalue weighted by molar-refractivity contribution is 5.85. The second-order valence-electron chi connectivity index (χ2n) is 5.34. The number of nitrogens with zero attached hydrogens (tertiary/aromatic N) is 1. The van der Waals surface area contributed by atoms with Crippen molar-refractivity contribution in [3.63, 3.8) is 0 Å². The van der Waals surface area contributed by atoms with Gasteiger partial charge in [0.15, 0.2) is 5.76 Å². The number of nitrogens with one attached hydrogen (secondary N) is 1. The molecule has 6 heteroatoms. The van der Waals surface area contributed by atoms with Gasteiger partial charge in [-0.1, -0.05) is 12.1 Å². The number of aryl methyl sites for hydroxylation is 1. The zero-order valence-electron chi connectivity index (χ0n) is 12.6. The van der Waals surface area contributed by atoms with Gasteiger partial charge in [-0.05, 0) is 49.2 Å². The molecule has 0 radical (unpaired) electrons. The fraction of sp³-hybridized carbons (Fsp3) is 0.438. The minimum Gasteiger partial charge on any atom is -0.486 e. The molecule has 1 aliphatic heterocycles. The molecule has 1 aromatic heterocycles. The largest absolute Gasteiger partial charge is 0.486 e. The van der Waals surface area contributed by atoms with Crippen LogP contribution in [0.25, 0.3) is 0 Å². The smallest absolute Gasteiger partial charge is 0.254 e. The van der Waals surface area contributed by atoms with Crippen LogP contribution in [-0.4, -0.2) is 24.4 Å². The Morgan fingerprint density at radius 2 is 2.23 bits per heavy atom. The summed E-state index contributed by atoms with van der Waals surface area (Å²) in [5, 5.41) is 7.28. The van der Waals surface area contributed by atoms with Crippen molar-refractivity contribution in [3.8, 4) is 11.6 Å². The summed E-state index contributed by atoms with van der Waals surface area (Å²) < 4.78 is 16.5. The van der Waals surface area contributed by atoms with Crippen molar-refractivity contribution in [1.29, 1.82) is 0 Å². The highest BCUT2D eigenvalue weighted by Gasteiger charge is 2.15. The summed E-state index contributed by atoms with van der Waals surface area (Å²) >= 11 is 0. The second-order valence-corrected chi connectivity index (χ2v) is 5.34. The zero-order chi connectivity index (χ0) is 14.5. The molecule has 5 nitrogen and oxygen atoms in total. The summed E-state index contributed by atoms with van der Waals surface area (Å²) in [6.07, 6.45) is 2.36. The Kier molecular flexibility index (Phi) is 6.10. The van der Waals surface area contributed by atoms with Crippen LogP contribution in [0.4, 0.5) is 0 Å². The summed E-state index contributed by atoms with van der Waals surface area (Å²) in [5.74, 6) is 2.00. The van der Waals surface area contributed by atoms with Gasteiger partial charge in [0.25, 0.3) is 5.88 Å². The van der Waals surface area contributed by atoms with Crippen LogP contribution in [0.15, 0.2) is 34.9 Å². The molecule has 0 amide bonds. The predicted octanol–water partition coefficient (Wildman–Crippen LogP) is 3.11. The summed E-state index contributed by atoms with van der Waals surface area (Å²) in [6.45, 7) is 4.08. The van der Waals surface area contributed by atoms with E-state index in [1.807, 2.05) is 31.2 Å². The van der Waals surface area contributed by atoms with Crippen LogP contribution in [-0.2, 0) is 6.61 Å². The number of hydrogen-bond acceptors (Lipinski definition) is 5. The van der Waals surface area contributed by atoms with E-state index in [0.717, 1.165) is 24.3 Å². The maximum atomic E-state index is 5.66. The monoisotopic (exact) mass is 324 g/mol. The standard InChI is InChI=1S/C16H20N2O3.ClH/c1-12-4-2-6-14(8-12)19-11-15-9-16(18-21-15)20-10-13-5-3-7-17-13;/h2,4,6,8-9,13,17H,3,5,7,10-11H2,1H3;1H/t13-;/m0./s1. The van der Waals surface area contributed by atoms with Gasteiger partial charge in [-0.15, -0.1) is 12.4 Å². The van der Waals surface area contributed by atoms with Gasteiger partial charge in [0.2, 0.25) is 0 Å². The van der Waals surface area contributed by atoms with Gasteiger partial charge in [0.05, 0.1) is 0 Å². The lowest BCUT2D eigenvalue weighted by Gasteiger charge is -2.08. The topological polar surface area (TPSA) is 56.5 Å². The molecule has 120 valence electrons. The van der Waals surface area contributed by atoms with Gasteiger partial charge in [-0.3, -0.25) is 0 Å². The van der Waals surface area contributed by atoms with E-state index in [1.54, 1.807) is 6.07 Å². The van der Waals surface area contributed by atoms with E-state index in [1.165, 1.54) is 6.42 Å². The SMILES string of the molecule is Cc1cccc(OCc2cc(OC[C@@H]3CCCN3)no2)c1.Cl. The van der Waals surface area contributed by atoms with Crippen molar-refractivity contribution >= 4 is 12.4 Å². The number of ether oxygens (including phenoxy) is 2. The van der Waals surface area contributed by atoms with E-state index in [0.29, 0.717) is 30.9 Å². The first kappa shape index (κ1) is 16.6. The van der Waals surface area contributed by atoms with Gasteiger partial charge in [0.1, 0.15) is 19.0 Å². The summed E-state index contributed by atoms with van der Waals surface area (Å²) in [7, 11) is 0. The molecule has 1 fully saturated rings. The van der Waals surface area contributed by atoms with Crippen LogP contribution in [0, 0.1) is 6.92 Å². The van der Waals surface area contributed by atoms with Crippen molar-refractivity contribution in [2.45, 2.75) is 32.4 Å². The second kappa shape index (κ2) is 8.06. The van der Waals surface area contributed by atoms with E-state index in [-0.39, 0.29) is 12.4 Å². The molecule has 0 saturated carbocycles. The summed E-state index contributed by atoms with van der Waals surface area (Å²) in [4.78, 5) is 0. The Labute approximate surface area is 136 Å². The molecule has 1 saturated heterocycles. The molecular weight excluding hydrogens is 304 g/mol. The molecule has 0 spiro atoms. The van der Waals surface area contributed by atoms with Gasteiger partial charge >= 0.3 is 0 Å². The average Bonchev–Trinajstić information content (AvgIpc) is 3.15. The molecule has 0 bridgehead atoms. The van der Waals surface area contributed by atoms with Crippen LogP contribution in [0.3, 0.4) is 0 Å². The number of hydrogen-bond donors (Lipinski definition) is 1. The first-order chi connectivity index (χ1) is 10.3. The van der Waals surface area contributed by atoms with Gasteiger partial charge in [0, 0.05) is 12.1 Å². The Hall–Kier alpha value is -1.72. The Morgan fingerprint density at radius 3 is 3.00 bits per heavy atom. The molecule has 1 N–H and O–H groups in total. The summed E-state index contributed by atoms with van der Waals surface area (Å²) in [6, 6.07) is 10.1. The molecule has 1 aromatic carbocycles. The van der Waals surface area contributed by atoms with Crippen LogP contribution in [0.1, 0.15) is 24.2 Å². The molecule has 0 aliphatic carbocycles. The number of aromatic nitrogens is 1. The number of benzene rings is 1. The highest BCUT2D eigenvalue weighted by Crippen LogP contribution is 2.17. The van der Waals surface area contributed by atoms with Crippen LogP contribution < -0.4 is 14.8 Å². The minimum absolute atomic E-state index is 0. The van der Waals surface area contributed by atoms with Crippen molar-refractivity contribution in [3.05, 3.63) is 41.7 Å². The van der Waals surface area contributed by atoms with Crippen molar-refractivity contribution < 1.29 is 14.0 Å². The quantitative estimate of drug-likeness (QED) is 0.884. The lowest BCUT2D eigenvalue weighted by molar-refractivity contribution is 0.230. The van der Waals surface area contributed by atoms with Gasteiger partial charge in [-0.2, -0.15) is 0 Å². The lowest BCUT2D eigenvalue weighted by atomic mass is 10.2. The normalized spacial score (nSPS) is 17.0. The fourth-order valence-corrected chi connectivity index (χ4v) is 2.37. The zero-order valence-corrected chi connectivity index (χ0v) is 13.4. The van der Waals surface area contributed by atoms with Crippen LogP contribution >= 0.6 is 12.4 Å². The van der Waals surface area contributed by atoms with Crippen LogP contribution in [0.5, 0.6) is 11.6 Å². The summed E-state index contributed by atoms with van der Waals surface area (Å²) in [5.41, 5.74) is 1.16. The highest BCUT2D eigenvalue weighted by atomic mass is 35.5. The van der Waals surface area contributed by atoms with E-state index in [4.69, 9.17) is 14.0 Å². The third-order valence-corrected chi connectivity index (χ3v) is 3.50. The number of rotatable bonds is 6. The molecule has 22 heavy (non-hydrogen) atoms. The Bertz CT molecular complexity index is 582. The molecule has 0 unspecified atom stereocenters. The van der Waals surface area contributed by atoms with Gasteiger partial charge in [-0.25, -0.2) is 0 Å². The van der Waals surface area contributed by atoms with Crippen molar-refractivity contribution in [1.82, 2.24) is 10.5 Å². The predicted molar refractivity (Wildman–Crippen MR) is 85.8 cm³/mol. The first-order valence-electron chi connectivity index (χ1n) is 7.31. The maximum absolute atomic E-state index is 5.66. The molecule has 1 atom stereocenters. The maximum Gasteiger partial charge on any atom is 0.254 e. The molecular formula is C16H21ClN2O3. The average molecular weight is 325 g/mol. The third kappa shape index (κ3) is 4.64. The Balaban J connectivity index is 0.00000176. The third-order valence-electron chi connectivity index (χ3n) is 3.50. The Morgan fingerprint density at radius 1 is 1.32 bits per heavy atom. The minimum atomic E-state index is 0. The fourth-order valence-electron chi connectivity index (χ4n) is 2.37. The van der Waals surface area contributed by atoms with E-state index >= 15 is 0 Å². The van der Waals surface area contributed by atoms with Crippen molar-refractivity contribution in [2.24, 2.45) is 0 Å². The molecule has 1 aliphatic rings. The van der Waals surface area contributed by atoms with E-state index in [9.17, 15) is 0 Å². The molecule has 2 heterocycles. The van der Waals surface area contributed by atoms with Crippen molar-refractivity contribution in [2.75, 3.05) is 13.2 Å². The number of halogens is 1.